The number of aromatic nitrogens is 8. The van der Waals surface area contributed by atoms with E-state index in [4.69, 9.17) is 40.4 Å². The fourth-order valence-electron chi connectivity index (χ4n) is 11.0. The summed E-state index contributed by atoms with van der Waals surface area (Å²) in [5.74, 6) is -5.82. The zero-order valence-corrected chi connectivity index (χ0v) is 53.6. The number of anilines is 3. The fraction of sp³-hybridized carbons (Fsp3) is 0.381. The highest BCUT2D eigenvalue weighted by atomic mass is 16.7. The first-order valence-corrected chi connectivity index (χ1v) is 30.5. The lowest BCUT2D eigenvalue weighted by molar-refractivity contribution is -0.903. The van der Waals surface area contributed by atoms with E-state index in [9.17, 15) is 63.6 Å². The van der Waals surface area contributed by atoms with Crippen molar-refractivity contribution in [3.63, 3.8) is 0 Å². The number of imide groups is 1. The number of fused-ring (bicyclic) bond motifs is 2. The summed E-state index contributed by atoms with van der Waals surface area (Å²) in [5.41, 5.74) is 15.6. The van der Waals surface area contributed by atoms with Crippen molar-refractivity contribution >= 4 is 92.9 Å². The molecule has 0 aliphatic carbocycles. The molecule has 12 N–H and O–H groups in total. The summed E-state index contributed by atoms with van der Waals surface area (Å²) in [6.07, 6.45) is -3.91. The van der Waals surface area contributed by atoms with E-state index in [1.54, 1.807) is 62.7 Å². The number of aliphatic carboxylic acids is 1. The number of aliphatic hydroxyl groups is 3. The average molecular weight is 1330 g/mol. The van der Waals surface area contributed by atoms with E-state index < -0.39 is 83.9 Å². The van der Waals surface area contributed by atoms with Crippen LogP contribution >= 0.6 is 0 Å². The van der Waals surface area contributed by atoms with Crippen LogP contribution in [0.5, 0.6) is 17.2 Å². The Labute approximate surface area is 547 Å². The molecule has 5 atom stereocenters. The van der Waals surface area contributed by atoms with Gasteiger partial charge >= 0.3 is 5.97 Å². The lowest BCUT2D eigenvalue weighted by Gasteiger charge is -2.38. The van der Waals surface area contributed by atoms with Gasteiger partial charge < -0.3 is 75.1 Å². The number of nitrogens with two attached hydrogens (primary N) is 2. The molecule has 1 fully saturated rings. The van der Waals surface area contributed by atoms with Gasteiger partial charge in [0, 0.05) is 93.4 Å². The van der Waals surface area contributed by atoms with Crippen molar-refractivity contribution < 1.29 is 87.0 Å². The normalized spacial score (nSPS) is 17.1. The number of carboxylic acid groups (broad SMARTS) is 1. The zero-order valence-electron chi connectivity index (χ0n) is 53.6. The van der Waals surface area contributed by atoms with Crippen LogP contribution in [0.25, 0.3) is 22.1 Å². The summed E-state index contributed by atoms with van der Waals surface area (Å²) in [5, 5.41) is 61.2. The maximum absolute atomic E-state index is 14.2. The highest BCUT2D eigenvalue weighted by Crippen LogP contribution is 2.35. The van der Waals surface area contributed by atoms with Crippen LogP contribution in [0, 0.1) is 13.8 Å². The Balaban J connectivity index is 0.967. The number of hydrogen-bond acceptors (Lipinski definition) is 20. The van der Waals surface area contributed by atoms with Gasteiger partial charge in [0.25, 0.3) is 23.6 Å². The number of carbonyl (C=O) groups is 9. The molecule has 9 rings (SSSR count). The fourth-order valence-corrected chi connectivity index (χ4v) is 11.0. The number of nitrogens with one attached hydrogen (secondary N) is 4. The number of nitrogens with zero attached hydrogens (tertiary/aromatic N) is 10. The molecule has 7 aromatic rings. The second kappa shape index (κ2) is 29.6. The molecule has 0 bridgehead atoms. The van der Waals surface area contributed by atoms with Crippen LogP contribution in [0.4, 0.5) is 17.6 Å². The number of aliphatic hydroxyl groups excluding tert-OH is 3. The van der Waals surface area contributed by atoms with Crippen molar-refractivity contribution in [2.75, 3.05) is 63.4 Å². The molecule has 0 unspecified atom stereocenters. The maximum atomic E-state index is 14.2. The molecule has 0 spiro atoms. The molecule has 0 saturated carbocycles. The van der Waals surface area contributed by atoms with Gasteiger partial charge in [0.05, 0.1) is 62.5 Å². The molecule has 2 aliphatic rings. The van der Waals surface area contributed by atoms with E-state index in [1.807, 2.05) is 27.9 Å². The zero-order chi connectivity index (χ0) is 69.4. The van der Waals surface area contributed by atoms with Gasteiger partial charge in [-0.2, -0.15) is 10.2 Å². The Morgan fingerprint density at radius 1 is 0.708 bits per heavy atom. The van der Waals surface area contributed by atoms with Crippen molar-refractivity contribution in [1.82, 2.24) is 48.9 Å². The van der Waals surface area contributed by atoms with Crippen LogP contribution < -0.4 is 46.9 Å². The van der Waals surface area contributed by atoms with E-state index in [0.717, 1.165) is 17.1 Å². The van der Waals surface area contributed by atoms with E-state index in [0.29, 0.717) is 59.6 Å². The van der Waals surface area contributed by atoms with Crippen molar-refractivity contribution in [2.45, 2.75) is 110 Å². The Kier molecular flexibility index (Phi) is 21.4. The molecule has 2 aliphatic heterocycles. The standard InChI is InChI=1S/C63H74N16O17/c1-8-77-42(25-33(3)72-77)58(89)70-62-68-40-27-36(56(64)87)29-44(93-7)50(40)75(62)20-10-11-21-76-51-41(69-63(76)71-59(90)43-26-34(4)73-78(43)9-2)28-37(57(65)88)30-45(51)94-24-12-23-79(5,6)32-35-13-14-38(95-61-54(86)52(84)53(85)55(96-61)60(91)92)31-39(35)67-47(81)17-19-66-46(80)18-22-74-48(82)15-16-49(74)83/h10-11,13-16,25-31,52-55,61,84-86H,8-9,12,17-24,32H2,1-7H3,(H8-,64,65,66,67,68,69,70,71,80,81,87,88,89,90,91,92)/p+1/b11-10+/t52-,53-,54+,55-,61+/m0/s1. The molecule has 1 saturated heterocycles. The number of quaternary nitrogens is 1. The number of amides is 8. The minimum absolute atomic E-state index is 0.0173. The first-order valence-electron chi connectivity index (χ1n) is 30.5. The number of allylic oxidation sites excluding steroid dienone is 2. The van der Waals surface area contributed by atoms with E-state index in [-0.39, 0.29) is 120 Å². The maximum Gasteiger partial charge on any atom is 0.335 e. The first-order chi connectivity index (χ1) is 45.7. The molecule has 0 radical (unpaired) electrons. The smallest absolute Gasteiger partial charge is 0.335 e. The summed E-state index contributed by atoms with van der Waals surface area (Å²) in [4.78, 5) is 126. The van der Waals surface area contributed by atoms with Gasteiger partial charge in [-0.05, 0) is 76.2 Å². The largest absolute Gasteiger partial charge is 0.494 e. The molecule has 508 valence electrons. The molecule has 8 amide bonds. The lowest BCUT2D eigenvalue weighted by atomic mass is 9.99. The van der Waals surface area contributed by atoms with Crippen LogP contribution in [-0.4, -0.2) is 200 Å². The highest BCUT2D eigenvalue weighted by molar-refractivity contribution is 6.13. The Bertz CT molecular complexity index is 4240. The van der Waals surface area contributed by atoms with Crippen LogP contribution in [0.3, 0.4) is 0 Å². The molecule has 4 aromatic heterocycles. The number of imidazole rings is 2. The summed E-state index contributed by atoms with van der Waals surface area (Å²) >= 11 is 0. The van der Waals surface area contributed by atoms with Gasteiger partial charge in [0.2, 0.25) is 41.8 Å². The number of rotatable bonds is 30. The van der Waals surface area contributed by atoms with Crippen molar-refractivity contribution in [2.24, 2.45) is 11.5 Å². The van der Waals surface area contributed by atoms with Gasteiger partial charge in [-0.15, -0.1) is 0 Å². The summed E-state index contributed by atoms with van der Waals surface area (Å²) in [6.45, 7) is 8.47. The number of primary amides is 2. The minimum atomic E-state index is -1.98. The van der Waals surface area contributed by atoms with Crippen LogP contribution in [0.2, 0.25) is 0 Å². The number of carboxylic acids is 1. The van der Waals surface area contributed by atoms with Crippen molar-refractivity contribution in [3.05, 3.63) is 118 Å². The second-order valence-corrected chi connectivity index (χ2v) is 23.3. The van der Waals surface area contributed by atoms with Gasteiger partial charge in [0.15, 0.2) is 6.10 Å². The quantitative estimate of drug-likeness (QED) is 0.0132. The second-order valence-electron chi connectivity index (χ2n) is 23.3. The SMILES string of the molecule is CCn1nc(C)cc1C(=O)Nc1nc2cc(C(N)=O)cc(OC)c2n1C/C=C/Cn1c(NC(=O)c2cc(C)nn2CC)nc2cc(C(N)=O)cc(OCCC[N+](C)(C)Cc3ccc(O[C@@H]4O[C@H](C(=O)O)[C@@H](O)[C@H](O)[C@H]4O)cc3NC(=O)CCNC(=O)CCN3C(=O)C=CC3=O)c21. The van der Waals surface area contributed by atoms with Crippen LogP contribution in [-0.2, 0) is 61.4 Å². The van der Waals surface area contributed by atoms with E-state index in [1.165, 1.54) is 43.5 Å². The Hall–Kier alpha value is -10.9. The Morgan fingerprint density at radius 3 is 1.79 bits per heavy atom. The number of ether oxygens (including phenoxy) is 4. The number of carbonyl (C=O) groups excluding carboxylic acids is 8. The van der Waals surface area contributed by atoms with Crippen LogP contribution in [0.15, 0.2) is 78.9 Å². The molecule has 33 heteroatoms. The van der Waals surface area contributed by atoms with Crippen molar-refractivity contribution in [3.8, 4) is 17.2 Å². The Morgan fingerprint density at radius 2 is 1.26 bits per heavy atom. The lowest BCUT2D eigenvalue weighted by Crippen LogP contribution is -2.61. The predicted octanol–water partition coefficient (Wildman–Crippen LogP) is 1.48. The summed E-state index contributed by atoms with van der Waals surface area (Å²) in [6, 6.07) is 13.7. The van der Waals surface area contributed by atoms with Gasteiger partial charge in [0.1, 0.15) is 64.5 Å². The monoisotopic (exact) mass is 1330 g/mol. The van der Waals surface area contributed by atoms with Crippen LogP contribution in [0.1, 0.15) is 91.8 Å². The van der Waals surface area contributed by atoms with E-state index >= 15 is 0 Å². The molecule has 6 heterocycles. The van der Waals surface area contributed by atoms with Gasteiger partial charge in [-0.3, -0.25) is 63.3 Å². The predicted molar refractivity (Wildman–Crippen MR) is 342 cm³/mol. The van der Waals surface area contributed by atoms with Gasteiger partial charge in [-0.1, -0.05) is 12.2 Å². The molecule has 33 nitrogen and oxygen atoms in total. The number of aryl methyl sites for hydroxylation is 4. The average Bonchev–Trinajstić information content (AvgIpc) is 1.59. The number of hydrogen-bond donors (Lipinski definition) is 10. The third-order valence-electron chi connectivity index (χ3n) is 15.8. The number of methoxy groups -OCH3 is 1. The van der Waals surface area contributed by atoms with Crippen molar-refractivity contribution in [1.29, 1.82) is 0 Å². The summed E-state index contributed by atoms with van der Waals surface area (Å²) < 4.78 is 30.2. The summed E-state index contributed by atoms with van der Waals surface area (Å²) in [7, 11) is 5.23. The minimum Gasteiger partial charge on any atom is -0.494 e. The molecule has 3 aromatic carbocycles. The third-order valence-corrected chi connectivity index (χ3v) is 15.8. The van der Waals surface area contributed by atoms with Gasteiger partial charge in [-0.25, -0.2) is 14.8 Å². The molecular formula is C63H75N16O17+. The van der Waals surface area contributed by atoms with E-state index in [2.05, 4.69) is 31.5 Å². The topological polar surface area (TPSA) is 446 Å². The molecular weight excluding hydrogens is 1250 g/mol. The molecule has 96 heavy (non-hydrogen) atoms. The highest BCUT2D eigenvalue weighted by Gasteiger charge is 2.48. The first kappa shape index (κ1) is 69.5. The third kappa shape index (κ3) is 15.8. The number of benzene rings is 3.